The second kappa shape index (κ2) is 10.5. The monoisotopic (exact) mass is 407 g/mol. The number of benzene rings is 2. The van der Waals surface area contributed by atoms with E-state index in [2.05, 4.69) is 5.32 Å². The summed E-state index contributed by atoms with van der Waals surface area (Å²) in [6, 6.07) is 11.5. The molecule has 152 valence electrons. The lowest BCUT2D eigenvalue weighted by molar-refractivity contribution is -0.117. The average molecular weight is 408 g/mol. The summed E-state index contributed by atoms with van der Waals surface area (Å²) < 4.78 is 10.3. The van der Waals surface area contributed by atoms with E-state index in [0.717, 1.165) is 11.3 Å². The second-order valence-electron chi connectivity index (χ2n) is 6.26. The predicted octanol–water partition coefficient (Wildman–Crippen LogP) is 2.34. The third-order valence-electron chi connectivity index (χ3n) is 4.06. The molecule has 2 amide bonds. The van der Waals surface area contributed by atoms with Gasteiger partial charge in [-0.2, -0.15) is 0 Å². The van der Waals surface area contributed by atoms with Gasteiger partial charge < -0.3 is 25.4 Å². The number of halogens is 1. The number of nitrogens with zero attached hydrogens (tertiary/aromatic N) is 1. The van der Waals surface area contributed by atoms with Gasteiger partial charge in [-0.25, -0.2) is 0 Å². The van der Waals surface area contributed by atoms with Crippen LogP contribution in [0.5, 0.6) is 11.5 Å². The molecule has 2 aromatic carbocycles. The van der Waals surface area contributed by atoms with E-state index in [9.17, 15) is 9.59 Å². The number of amides is 2. The molecule has 8 heteroatoms. The van der Waals surface area contributed by atoms with E-state index in [-0.39, 0.29) is 24.2 Å². The molecule has 0 aliphatic heterocycles. The van der Waals surface area contributed by atoms with Crippen molar-refractivity contribution in [3.05, 3.63) is 53.6 Å². The molecule has 2 rings (SSSR count). The molecule has 0 bridgehead atoms. The first-order valence-corrected chi connectivity index (χ1v) is 8.44. The maximum absolute atomic E-state index is 12.4. The third kappa shape index (κ3) is 5.87. The molecule has 0 fully saturated rings. The number of hydrogen-bond donors (Lipinski definition) is 2. The quantitative estimate of drug-likeness (QED) is 0.734. The van der Waals surface area contributed by atoms with E-state index < -0.39 is 6.04 Å². The molecule has 3 N–H and O–H groups in total. The van der Waals surface area contributed by atoms with Gasteiger partial charge in [-0.1, -0.05) is 12.1 Å². The number of nitrogens with one attached hydrogen (secondary N) is 1. The van der Waals surface area contributed by atoms with Gasteiger partial charge >= 0.3 is 0 Å². The molecule has 28 heavy (non-hydrogen) atoms. The van der Waals surface area contributed by atoms with Gasteiger partial charge in [0.15, 0.2) is 0 Å². The minimum atomic E-state index is -0.728. The highest BCUT2D eigenvalue weighted by Gasteiger charge is 2.18. The zero-order valence-corrected chi connectivity index (χ0v) is 17.2. The average Bonchev–Trinajstić information content (AvgIpc) is 2.67. The van der Waals surface area contributed by atoms with Crippen molar-refractivity contribution in [2.45, 2.75) is 12.5 Å². The fourth-order valence-electron chi connectivity index (χ4n) is 2.54. The Kier molecular flexibility index (Phi) is 8.76. The van der Waals surface area contributed by atoms with Gasteiger partial charge in [-0.05, 0) is 42.3 Å². The number of carbonyl (C=O) groups excluding carboxylic acids is 2. The van der Waals surface area contributed by atoms with Crippen molar-refractivity contribution < 1.29 is 19.1 Å². The Labute approximate surface area is 171 Å². The van der Waals surface area contributed by atoms with Crippen LogP contribution in [0.2, 0.25) is 0 Å². The standard InChI is InChI=1S/C20H25N3O4.ClH/c1-23(2)20(25)16-12-14(7-10-18(16)27-4)22-19(24)17(21)11-13-5-8-15(26-3)9-6-13;/h5-10,12,17H,11,21H2,1-4H3,(H,22,24);1H/t17-;/m0./s1. The van der Waals surface area contributed by atoms with Crippen molar-refractivity contribution in [1.82, 2.24) is 4.90 Å². The van der Waals surface area contributed by atoms with E-state index in [1.54, 1.807) is 39.4 Å². The Morgan fingerprint density at radius 2 is 1.71 bits per heavy atom. The maximum Gasteiger partial charge on any atom is 0.257 e. The minimum Gasteiger partial charge on any atom is -0.497 e. The van der Waals surface area contributed by atoms with E-state index >= 15 is 0 Å². The van der Waals surface area contributed by atoms with Crippen LogP contribution in [0.3, 0.4) is 0 Å². The van der Waals surface area contributed by atoms with Crippen molar-refractivity contribution in [3.63, 3.8) is 0 Å². The fraction of sp³-hybridized carbons (Fsp3) is 0.300. The molecule has 7 nitrogen and oxygen atoms in total. The predicted molar refractivity (Wildman–Crippen MR) is 112 cm³/mol. The van der Waals surface area contributed by atoms with E-state index in [4.69, 9.17) is 15.2 Å². The largest absolute Gasteiger partial charge is 0.497 e. The van der Waals surface area contributed by atoms with Crippen LogP contribution < -0.4 is 20.5 Å². The number of hydrogen-bond acceptors (Lipinski definition) is 5. The summed E-state index contributed by atoms with van der Waals surface area (Å²) in [6.45, 7) is 0. The molecule has 1 atom stereocenters. The molecular weight excluding hydrogens is 382 g/mol. The number of rotatable bonds is 7. The molecule has 2 aromatic rings. The van der Waals surface area contributed by atoms with Crippen LogP contribution in [0.4, 0.5) is 5.69 Å². The van der Waals surface area contributed by atoms with Crippen LogP contribution in [0.1, 0.15) is 15.9 Å². The summed E-state index contributed by atoms with van der Waals surface area (Å²) in [5.41, 5.74) is 7.80. The van der Waals surface area contributed by atoms with E-state index in [1.165, 1.54) is 12.0 Å². The van der Waals surface area contributed by atoms with Crippen molar-refractivity contribution in [3.8, 4) is 11.5 Å². The maximum atomic E-state index is 12.4. The summed E-state index contributed by atoms with van der Waals surface area (Å²) in [7, 11) is 6.39. The SMILES string of the molecule is COc1ccc(C[C@H](N)C(=O)Nc2ccc(OC)c(C(=O)N(C)C)c2)cc1.Cl. The molecule has 0 spiro atoms. The van der Waals surface area contributed by atoms with Crippen molar-refractivity contribution >= 4 is 29.9 Å². The minimum absolute atomic E-state index is 0. The molecule has 0 aromatic heterocycles. The van der Waals surface area contributed by atoms with Crippen molar-refractivity contribution in [2.75, 3.05) is 33.6 Å². The van der Waals surface area contributed by atoms with Crippen molar-refractivity contribution in [2.24, 2.45) is 5.73 Å². The summed E-state index contributed by atoms with van der Waals surface area (Å²) in [4.78, 5) is 26.2. The first-order valence-electron chi connectivity index (χ1n) is 8.44. The number of nitrogens with two attached hydrogens (primary N) is 1. The molecule has 0 radical (unpaired) electrons. The Morgan fingerprint density at radius 3 is 2.25 bits per heavy atom. The third-order valence-corrected chi connectivity index (χ3v) is 4.06. The van der Waals surface area contributed by atoms with Gasteiger partial charge in [0.1, 0.15) is 11.5 Å². The van der Waals surface area contributed by atoms with Gasteiger partial charge in [0, 0.05) is 19.8 Å². The second-order valence-corrected chi connectivity index (χ2v) is 6.26. The number of carbonyl (C=O) groups is 2. The normalized spacial score (nSPS) is 11.0. The van der Waals surface area contributed by atoms with Crippen LogP contribution in [-0.4, -0.2) is 51.1 Å². The highest BCUT2D eigenvalue weighted by Crippen LogP contribution is 2.24. The van der Waals surface area contributed by atoms with Gasteiger partial charge in [0.25, 0.3) is 5.91 Å². The smallest absolute Gasteiger partial charge is 0.257 e. The Hall–Kier alpha value is -2.77. The van der Waals surface area contributed by atoms with Gasteiger partial charge in [0.2, 0.25) is 5.91 Å². The molecule has 0 saturated carbocycles. The van der Waals surface area contributed by atoms with Crippen LogP contribution in [-0.2, 0) is 11.2 Å². The Morgan fingerprint density at radius 1 is 1.07 bits per heavy atom. The molecule has 0 aliphatic rings. The van der Waals surface area contributed by atoms with Crippen LogP contribution in [0.15, 0.2) is 42.5 Å². The summed E-state index contributed by atoms with van der Waals surface area (Å²) >= 11 is 0. The Balaban J connectivity index is 0.00000392. The van der Waals surface area contributed by atoms with Crippen molar-refractivity contribution in [1.29, 1.82) is 0 Å². The summed E-state index contributed by atoms with van der Waals surface area (Å²) in [5, 5.41) is 2.76. The number of ether oxygens (including phenoxy) is 2. The lowest BCUT2D eigenvalue weighted by Gasteiger charge is -2.16. The lowest BCUT2D eigenvalue weighted by Crippen LogP contribution is -2.37. The molecule has 0 heterocycles. The number of anilines is 1. The highest BCUT2D eigenvalue weighted by molar-refractivity contribution is 6.00. The molecular formula is C20H26ClN3O4. The first kappa shape index (κ1) is 23.3. The van der Waals surface area contributed by atoms with E-state index in [1.807, 2.05) is 24.3 Å². The van der Waals surface area contributed by atoms with Crippen LogP contribution in [0, 0.1) is 0 Å². The highest BCUT2D eigenvalue weighted by atomic mass is 35.5. The summed E-state index contributed by atoms with van der Waals surface area (Å²) in [6.07, 6.45) is 0.384. The summed E-state index contributed by atoms with van der Waals surface area (Å²) in [5.74, 6) is 0.632. The molecule has 0 saturated heterocycles. The van der Waals surface area contributed by atoms with Gasteiger partial charge in [-0.3, -0.25) is 9.59 Å². The topological polar surface area (TPSA) is 93.9 Å². The number of methoxy groups -OCH3 is 2. The molecule has 0 unspecified atom stereocenters. The lowest BCUT2D eigenvalue weighted by atomic mass is 10.1. The van der Waals surface area contributed by atoms with Crippen LogP contribution >= 0.6 is 12.4 Å². The van der Waals surface area contributed by atoms with Crippen LogP contribution in [0.25, 0.3) is 0 Å². The zero-order valence-electron chi connectivity index (χ0n) is 16.4. The first-order chi connectivity index (χ1) is 12.8. The van der Waals surface area contributed by atoms with E-state index in [0.29, 0.717) is 23.4 Å². The molecule has 0 aliphatic carbocycles. The zero-order chi connectivity index (χ0) is 20.0. The van der Waals surface area contributed by atoms with Gasteiger partial charge in [-0.15, -0.1) is 12.4 Å². The van der Waals surface area contributed by atoms with Gasteiger partial charge in [0.05, 0.1) is 25.8 Å². The fourth-order valence-corrected chi connectivity index (χ4v) is 2.54. The Bertz CT molecular complexity index is 810.